The monoisotopic (exact) mass is 247 g/mol. The first-order valence-electron chi connectivity index (χ1n) is 6.16. The number of rotatable bonds is 4. The molecule has 0 aliphatic heterocycles. The van der Waals surface area contributed by atoms with Crippen LogP contribution in [0.2, 0.25) is 0 Å². The second-order valence-corrected chi connectivity index (χ2v) is 4.64. The molecule has 18 heavy (non-hydrogen) atoms. The van der Waals surface area contributed by atoms with Crippen LogP contribution in [0.25, 0.3) is 5.69 Å². The van der Waals surface area contributed by atoms with Gasteiger partial charge in [0.2, 0.25) is 0 Å². The Bertz CT molecular complexity index is 514. The smallest absolute Gasteiger partial charge is 0.123 e. The van der Waals surface area contributed by atoms with Crippen molar-refractivity contribution in [1.82, 2.24) is 9.78 Å². The van der Waals surface area contributed by atoms with Crippen molar-refractivity contribution in [2.24, 2.45) is 5.73 Å². The summed E-state index contributed by atoms with van der Waals surface area (Å²) in [5.41, 5.74) is 8.53. The summed E-state index contributed by atoms with van der Waals surface area (Å²) in [5, 5.41) is 4.54. The van der Waals surface area contributed by atoms with Gasteiger partial charge in [-0.15, -0.1) is 0 Å². The lowest BCUT2D eigenvalue weighted by molar-refractivity contribution is 0.626. The molecule has 4 heteroatoms. The number of benzene rings is 1. The molecule has 2 aromatic rings. The minimum atomic E-state index is -0.237. The van der Waals surface area contributed by atoms with Crippen LogP contribution in [-0.2, 0) is 6.42 Å². The van der Waals surface area contributed by atoms with E-state index in [-0.39, 0.29) is 5.82 Å². The Balaban J connectivity index is 2.44. The van der Waals surface area contributed by atoms with Gasteiger partial charge >= 0.3 is 0 Å². The van der Waals surface area contributed by atoms with E-state index in [4.69, 9.17) is 5.73 Å². The molecule has 0 aliphatic carbocycles. The third-order valence-corrected chi connectivity index (χ3v) is 2.85. The molecule has 0 saturated carbocycles. The number of aromatic nitrogens is 2. The summed E-state index contributed by atoms with van der Waals surface area (Å²) in [6.07, 6.45) is 0.758. The van der Waals surface area contributed by atoms with Crippen LogP contribution in [0.5, 0.6) is 0 Å². The number of halogens is 1. The van der Waals surface area contributed by atoms with Gasteiger partial charge in [0.1, 0.15) is 5.82 Å². The second-order valence-electron chi connectivity index (χ2n) is 4.64. The van der Waals surface area contributed by atoms with Crippen molar-refractivity contribution in [3.05, 3.63) is 47.5 Å². The maximum Gasteiger partial charge on any atom is 0.123 e. The number of nitrogens with zero attached hydrogens (tertiary/aromatic N) is 2. The molecule has 0 spiro atoms. The van der Waals surface area contributed by atoms with Crippen molar-refractivity contribution in [2.75, 3.05) is 6.54 Å². The molecule has 0 fully saturated rings. The maximum absolute atomic E-state index is 12.9. The average molecular weight is 247 g/mol. The molecule has 3 nitrogen and oxygen atoms in total. The van der Waals surface area contributed by atoms with Crippen LogP contribution in [0, 0.1) is 5.82 Å². The number of nitrogens with two attached hydrogens (primary N) is 1. The molecule has 1 aromatic carbocycles. The molecular weight excluding hydrogens is 229 g/mol. The van der Waals surface area contributed by atoms with Crippen LogP contribution in [0.1, 0.15) is 31.2 Å². The van der Waals surface area contributed by atoms with E-state index in [0.717, 1.165) is 23.5 Å². The predicted octanol–water partition coefficient (Wildman–Crippen LogP) is 2.64. The zero-order valence-electron chi connectivity index (χ0n) is 10.7. The SMILES string of the molecule is CC(C)c1cc(CCN)nn1-c1ccc(F)cc1. The lowest BCUT2D eigenvalue weighted by Gasteiger charge is -2.09. The fraction of sp³-hybridized carbons (Fsp3) is 0.357. The molecule has 96 valence electrons. The molecule has 0 bridgehead atoms. The normalized spacial score (nSPS) is 11.2. The van der Waals surface area contributed by atoms with Gasteiger partial charge in [-0.05, 0) is 42.8 Å². The van der Waals surface area contributed by atoms with Crippen LogP contribution < -0.4 is 5.73 Å². The van der Waals surface area contributed by atoms with Crippen LogP contribution in [0.15, 0.2) is 30.3 Å². The fourth-order valence-electron chi connectivity index (χ4n) is 1.92. The summed E-state index contributed by atoms with van der Waals surface area (Å²) < 4.78 is 14.8. The largest absolute Gasteiger partial charge is 0.330 e. The summed E-state index contributed by atoms with van der Waals surface area (Å²) in [6, 6.07) is 8.44. The Hall–Kier alpha value is -1.68. The van der Waals surface area contributed by atoms with Crippen molar-refractivity contribution in [1.29, 1.82) is 0 Å². The van der Waals surface area contributed by atoms with E-state index in [1.807, 2.05) is 4.68 Å². The third kappa shape index (κ3) is 2.59. The first-order chi connectivity index (χ1) is 8.61. The summed E-state index contributed by atoms with van der Waals surface area (Å²) in [5.74, 6) is 0.119. The van der Waals surface area contributed by atoms with E-state index in [2.05, 4.69) is 25.0 Å². The Kier molecular flexibility index (Phi) is 3.77. The Morgan fingerprint density at radius 1 is 1.28 bits per heavy atom. The second kappa shape index (κ2) is 5.31. The van der Waals surface area contributed by atoms with E-state index in [9.17, 15) is 4.39 Å². The lowest BCUT2D eigenvalue weighted by Crippen LogP contribution is -2.05. The Morgan fingerprint density at radius 3 is 2.50 bits per heavy atom. The molecule has 1 heterocycles. The highest BCUT2D eigenvalue weighted by molar-refractivity contribution is 5.34. The van der Waals surface area contributed by atoms with Gasteiger partial charge in [0.25, 0.3) is 0 Å². The van der Waals surface area contributed by atoms with Crippen molar-refractivity contribution < 1.29 is 4.39 Å². The Morgan fingerprint density at radius 2 is 1.94 bits per heavy atom. The minimum Gasteiger partial charge on any atom is -0.330 e. The highest BCUT2D eigenvalue weighted by atomic mass is 19.1. The molecule has 0 radical (unpaired) electrons. The van der Waals surface area contributed by atoms with Gasteiger partial charge in [-0.25, -0.2) is 9.07 Å². The standard InChI is InChI=1S/C14H18FN3/c1-10(2)14-9-12(7-8-16)17-18(14)13-5-3-11(15)4-6-13/h3-6,9-10H,7-8,16H2,1-2H3. The van der Waals surface area contributed by atoms with Crippen molar-refractivity contribution in [3.63, 3.8) is 0 Å². The molecular formula is C14H18FN3. The fourth-order valence-corrected chi connectivity index (χ4v) is 1.92. The highest BCUT2D eigenvalue weighted by Crippen LogP contribution is 2.20. The summed E-state index contributed by atoms with van der Waals surface area (Å²) >= 11 is 0. The summed E-state index contributed by atoms with van der Waals surface area (Å²) in [4.78, 5) is 0. The molecule has 1 aromatic heterocycles. The minimum absolute atomic E-state index is 0.237. The molecule has 2 rings (SSSR count). The molecule has 2 N–H and O–H groups in total. The van der Waals surface area contributed by atoms with E-state index < -0.39 is 0 Å². The van der Waals surface area contributed by atoms with E-state index in [0.29, 0.717) is 12.5 Å². The molecule has 0 unspecified atom stereocenters. The zero-order chi connectivity index (χ0) is 13.1. The molecule has 0 atom stereocenters. The third-order valence-electron chi connectivity index (χ3n) is 2.85. The Labute approximate surface area is 106 Å². The van der Waals surface area contributed by atoms with Gasteiger partial charge in [0.05, 0.1) is 11.4 Å². The first kappa shape index (κ1) is 12.8. The molecule has 0 amide bonds. The molecule has 0 saturated heterocycles. The predicted molar refractivity (Wildman–Crippen MR) is 70.4 cm³/mol. The zero-order valence-corrected chi connectivity index (χ0v) is 10.7. The number of hydrogen-bond acceptors (Lipinski definition) is 2. The van der Waals surface area contributed by atoms with Gasteiger partial charge in [-0.1, -0.05) is 13.8 Å². The van der Waals surface area contributed by atoms with E-state index in [1.54, 1.807) is 12.1 Å². The summed E-state index contributed by atoms with van der Waals surface area (Å²) in [6.45, 7) is 4.81. The average Bonchev–Trinajstić information content (AvgIpc) is 2.75. The van der Waals surface area contributed by atoms with Gasteiger partial charge in [-0.3, -0.25) is 0 Å². The van der Waals surface area contributed by atoms with Crippen molar-refractivity contribution in [2.45, 2.75) is 26.2 Å². The topological polar surface area (TPSA) is 43.8 Å². The van der Waals surface area contributed by atoms with E-state index in [1.165, 1.54) is 12.1 Å². The highest BCUT2D eigenvalue weighted by Gasteiger charge is 2.12. The van der Waals surface area contributed by atoms with Crippen LogP contribution in [0.4, 0.5) is 4.39 Å². The lowest BCUT2D eigenvalue weighted by atomic mass is 10.1. The van der Waals surface area contributed by atoms with Crippen LogP contribution in [0.3, 0.4) is 0 Å². The van der Waals surface area contributed by atoms with Gasteiger partial charge in [0, 0.05) is 12.1 Å². The first-order valence-corrected chi connectivity index (χ1v) is 6.16. The van der Waals surface area contributed by atoms with Crippen molar-refractivity contribution in [3.8, 4) is 5.69 Å². The van der Waals surface area contributed by atoms with E-state index >= 15 is 0 Å². The maximum atomic E-state index is 12.9. The van der Waals surface area contributed by atoms with Gasteiger partial charge in [-0.2, -0.15) is 5.10 Å². The van der Waals surface area contributed by atoms with Gasteiger partial charge in [0.15, 0.2) is 0 Å². The summed E-state index contributed by atoms with van der Waals surface area (Å²) in [7, 11) is 0. The quantitative estimate of drug-likeness (QED) is 0.902. The van der Waals surface area contributed by atoms with Crippen molar-refractivity contribution >= 4 is 0 Å². The van der Waals surface area contributed by atoms with Crippen LogP contribution in [-0.4, -0.2) is 16.3 Å². The molecule has 0 aliphatic rings. The van der Waals surface area contributed by atoms with Gasteiger partial charge < -0.3 is 5.73 Å². The number of hydrogen-bond donors (Lipinski definition) is 1. The van der Waals surface area contributed by atoms with Crippen LogP contribution >= 0.6 is 0 Å².